The topological polar surface area (TPSA) is 112 Å². The molecule has 0 spiro atoms. The molecule has 0 aromatic heterocycles. The van der Waals surface area contributed by atoms with Crippen molar-refractivity contribution in [2.75, 3.05) is 18.6 Å². The first kappa shape index (κ1) is 14.3. The van der Waals surface area contributed by atoms with Gasteiger partial charge in [-0.3, -0.25) is 4.79 Å². The first-order valence-corrected chi connectivity index (χ1v) is 6.88. The Labute approximate surface area is 106 Å². The van der Waals surface area contributed by atoms with Gasteiger partial charge in [0.25, 0.3) is 0 Å². The summed E-state index contributed by atoms with van der Waals surface area (Å²) in [6, 6.07) is 4.34. The van der Waals surface area contributed by atoms with Crippen LogP contribution in [0.5, 0.6) is 5.75 Å². The number of hydrogen-bond acceptors (Lipinski definition) is 5. The minimum atomic E-state index is -3.67. The van der Waals surface area contributed by atoms with Crippen LogP contribution in [0.4, 0.5) is 5.69 Å². The maximum absolute atomic E-state index is 12.1. The van der Waals surface area contributed by atoms with Crippen LogP contribution in [0, 0.1) is 5.92 Å². The lowest BCUT2D eigenvalue weighted by atomic mass is 10.2. The summed E-state index contributed by atoms with van der Waals surface area (Å²) in [5.41, 5.74) is 10.8. The van der Waals surface area contributed by atoms with Gasteiger partial charge in [0.15, 0.2) is 9.84 Å². The van der Waals surface area contributed by atoms with E-state index in [1.165, 1.54) is 26.2 Å². The van der Waals surface area contributed by atoms with Gasteiger partial charge in [-0.25, -0.2) is 8.42 Å². The molecule has 1 rings (SSSR count). The van der Waals surface area contributed by atoms with Crippen molar-refractivity contribution in [3.8, 4) is 5.75 Å². The van der Waals surface area contributed by atoms with E-state index in [2.05, 4.69) is 0 Å². The fraction of sp³-hybridized carbons (Fsp3) is 0.364. The molecular formula is C11H16N2O4S. The third-order valence-corrected chi connectivity index (χ3v) is 4.47. The first-order chi connectivity index (χ1) is 8.27. The second-order valence-electron chi connectivity index (χ2n) is 3.99. The zero-order valence-corrected chi connectivity index (χ0v) is 11.0. The number of carbonyl (C=O) groups is 1. The molecule has 0 bridgehead atoms. The van der Waals surface area contributed by atoms with Gasteiger partial charge in [-0.2, -0.15) is 0 Å². The zero-order chi connectivity index (χ0) is 13.9. The molecule has 1 amide bonds. The number of amides is 1. The summed E-state index contributed by atoms with van der Waals surface area (Å²) in [5.74, 6) is -1.44. The smallest absolute Gasteiger partial charge is 0.221 e. The van der Waals surface area contributed by atoms with Gasteiger partial charge in [-0.15, -0.1) is 0 Å². The Kier molecular flexibility index (Phi) is 4.18. The van der Waals surface area contributed by atoms with Gasteiger partial charge in [-0.1, -0.05) is 6.92 Å². The fourth-order valence-electron chi connectivity index (χ4n) is 1.41. The predicted molar refractivity (Wildman–Crippen MR) is 67.8 cm³/mol. The standard InChI is InChI=1S/C11H16N2O4S/c1-7(11(13)14)6-18(15,16)10-5-8(17-2)3-4-9(10)12/h3-5,7H,6,12H2,1-2H3,(H2,13,14). The van der Waals surface area contributed by atoms with E-state index in [0.717, 1.165) is 0 Å². The van der Waals surface area contributed by atoms with Gasteiger partial charge in [0, 0.05) is 12.0 Å². The summed E-state index contributed by atoms with van der Waals surface area (Å²) in [5, 5.41) is 0. The van der Waals surface area contributed by atoms with Gasteiger partial charge in [-0.05, 0) is 12.1 Å². The molecule has 18 heavy (non-hydrogen) atoms. The molecular weight excluding hydrogens is 256 g/mol. The fourth-order valence-corrected chi connectivity index (χ4v) is 3.14. The van der Waals surface area contributed by atoms with Gasteiger partial charge in [0.05, 0.1) is 23.4 Å². The van der Waals surface area contributed by atoms with Crippen molar-refractivity contribution >= 4 is 21.4 Å². The molecule has 0 aliphatic rings. The molecule has 1 aromatic rings. The lowest BCUT2D eigenvalue weighted by Crippen LogP contribution is -2.27. The highest BCUT2D eigenvalue weighted by atomic mass is 32.2. The van der Waals surface area contributed by atoms with Crippen molar-refractivity contribution in [3.05, 3.63) is 18.2 Å². The summed E-state index contributed by atoms with van der Waals surface area (Å²) in [7, 11) is -2.25. The van der Waals surface area contributed by atoms with Crippen LogP contribution in [0.25, 0.3) is 0 Å². The first-order valence-electron chi connectivity index (χ1n) is 5.23. The third kappa shape index (κ3) is 3.13. The number of anilines is 1. The maximum Gasteiger partial charge on any atom is 0.221 e. The number of ether oxygens (including phenoxy) is 1. The molecule has 100 valence electrons. The summed E-state index contributed by atoms with van der Waals surface area (Å²) >= 11 is 0. The van der Waals surface area contributed by atoms with Crippen molar-refractivity contribution in [1.82, 2.24) is 0 Å². The number of carbonyl (C=O) groups excluding carboxylic acids is 1. The Morgan fingerprint density at radius 2 is 2.06 bits per heavy atom. The van der Waals surface area contributed by atoms with E-state index < -0.39 is 21.7 Å². The van der Waals surface area contributed by atoms with Crippen molar-refractivity contribution in [2.24, 2.45) is 11.7 Å². The number of nitrogens with two attached hydrogens (primary N) is 2. The van der Waals surface area contributed by atoms with E-state index in [4.69, 9.17) is 16.2 Å². The molecule has 0 fully saturated rings. The van der Waals surface area contributed by atoms with Gasteiger partial charge < -0.3 is 16.2 Å². The van der Waals surface area contributed by atoms with E-state index in [0.29, 0.717) is 5.75 Å². The Morgan fingerprint density at radius 3 is 2.56 bits per heavy atom. The summed E-state index contributed by atoms with van der Waals surface area (Å²) < 4.78 is 29.1. The molecule has 0 aliphatic heterocycles. The largest absolute Gasteiger partial charge is 0.497 e. The highest BCUT2D eigenvalue weighted by Gasteiger charge is 2.24. The van der Waals surface area contributed by atoms with E-state index in [-0.39, 0.29) is 16.3 Å². The van der Waals surface area contributed by atoms with E-state index in [1.807, 2.05) is 0 Å². The Hall–Kier alpha value is -1.76. The van der Waals surface area contributed by atoms with Gasteiger partial charge in [0.2, 0.25) is 5.91 Å². The molecule has 6 nitrogen and oxygen atoms in total. The summed E-state index contributed by atoms with van der Waals surface area (Å²) in [4.78, 5) is 10.9. The number of primary amides is 1. The van der Waals surface area contributed by atoms with Crippen LogP contribution >= 0.6 is 0 Å². The second-order valence-corrected chi connectivity index (χ2v) is 5.99. The maximum atomic E-state index is 12.1. The minimum absolute atomic E-state index is 0.0463. The predicted octanol–water partition coefficient (Wildman–Crippen LogP) is 0.172. The van der Waals surface area contributed by atoms with Crippen LogP contribution in [0.3, 0.4) is 0 Å². The number of benzene rings is 1. The van der Waals surface area contributed by atoms with Crippen LogP contribution < -0.4 is 16.2 Å². The molecule has 7 heteroatoms. The quantitative estimate of drug-likeness (QED) is 0.742. The Bertz CT molecular complexity index is 554. The Morgan fingerprint density at radius 1 is 1.44 bits per heavy atom. The summed E-state index contributed by atoms with van der Waals surface area (Å²) in [6.07, 6.45) is 0. The van der Waals surface area contributed by atoms with Crippen LogP contribution in [0.15, 0.2) is 23.1 Å². The van der Waals surface area contributed by atoms with Crippen molar-refractivity contribution in [1.29, 1.82) is 0 Å². The highest BCUT2D eigenvalue weighted by Crippen LogP contribution is 2.26. The zero-order valence-electron chi connectivity index (χ0n) is 10.2. The SMILES string of the molecule is COc1ccc(N)c(S(=O)(=O)CC(C)C(N)=O)c1. The van der Waals surface area contributed by atoms with Crippen LogP contribution in [0.1, 0.15) is 6.92 Å². The lowest BCUT2D eigenvalue weighted by Gasteiger charge is -2.11. The van der Waals surface area contributed by atoms with Crippen LogP contribution in [-0.2, 0) is 14.6 Å². The molecule has 0 saturated heterocycles. The van der Waals surface area contributed by atoms with Gasteiger partial charge >= 0.3 is 0 Å². The van der Waals surface area contributed by atoms with E-state index >= 15 is 0 Å². The van der Waals surface area contributed by atoms with Crippen molar-refractivity contribution < 1.29 is 17.9 Å². The molecule has 0 saturated carbocycles. The molecule has 1 atom stereocenters. The minimum Gasteiger partial charge on any atom is -0.497 e. The molecule has 0 radical (unpaired) electrons. The van der Waals surface area contributed by atoms with E-state index in [9.17, 15) is 13.2 Å². The van der Waals surface area contributed by atoms with E-state index in [1.54, 1.807) is 6.07 Å². The molecule has 0 aliphatic carbocycles. The van der Waals surface area contributed by atoms with Crippen LogP contribution in [-0.4, -0.2) is 27.2 Å². The van der Waals surface area contributed by atoms with Gasteiger partial charge in [0.1, 0.15) is 5.75 Å². The molecule has 1 unspecified atom stereocenters. The number of rotatable bonds is 5. The monoisotopic (exact) mass is 272 g/mol. The number of hydrogen-bond donors (Lipinski definition) is 2. The average molecular weight is 272 g/mol. The number of methoxy groups -OCH3 is 1. The number of nitrogen functional groups attached to an aromatic ring is 1. The van der Waals surface area contributed by atoms with Crippen LogP contribution in [0.2, 0.25) is 0 Å². The van der Waals surface area contributed by atoms with Crippen molar-refractivity contribution in [3.63, 3.8) is 0 Å². The molecule has 0 heterocycles. The van der Waals surface area contributed by atoms with Crippen molar-refractivity contribution in [2.45, 2.75) is 11.8 Å². The normalized spacial score (nSPS) is 13.0. The third-order valence-electron chi connectivity index (χ3n) is 2.51. The molecule has 4 N–H and O–H groups in total. The average Bonchev–Trinajstić information content (AvgIpc) is 2.28. The molecule has 1 aromatic carbocycles. The number of sulfone groups is 1. The Balaban J connectivity index is 3.16. The summed E-state index contributed by atoms with van der Waals surface area (Å²) in [6.45, 7) is 1.45. The second kappa shape index (κ2) is 5.26. The lowest BCUT2D eigenvalue weighted by molar-refractivity contribution is -0.120. The highest BCUT2D eigenvalue weighted by molar-refractivity contribution is 7.91.